The number of thioether (sulfide) groups is 1. The highest BCUT2D eigenvalue weighted by Crippen LogP contribution is 2.27. The molecule has 0 radical (unpaired) electrons. The van der Waals surface area contributed by atoms with Crippen molar-refractivity contribution in [3.05, 3.63) is 12.4 Å². The third-order valence-electron chi connectivity index (χ3n) is 3.04. The van der Waals surface area contributed by atoms with Crippen molar-refractivity contribution in [1.82, 2.24) is 15.1 Å². The van der Waals surface area contributed by atoms with E-state index in [9.17, 15) is 4.79 Å². The minimum absolute atomic E-state index is 0.0138. The van der Waals surface area contributed by atoms with Crippen molar-refractivity contribution in [3.63, 3.8) is 0 Å². The quantitative estimate of drug-likeness (QED) is 0.836. The van der Waals surface area contributed by atoms with Crippen molar-refractivity contribution in [2.75, 3.05) is 12.0 Å². The highest BCUT2D eigenvalue weighted by molar-refractivity contribution is 7.99. The van der Waals surface area contributed by atoms with Crippen LogP contribution in [-0.4, -0.2) is 33.2 Å². The number of nitrogen functional groups attached to an aromatic ring is 1. The molecule has 17 heavy (non-hydrogen) atoms. The summed E-state index contributed by atoms with van der Waals surface area (Å²) in [6, 6.07) is 0.327. The average molecular weight is 254 g/mol. The van der Waals surface area contributed by atoms with Crippen LogP contribution in [0.4, 0.5) is 5.69 Å². The maximum absolute atomic E-state index is 11.8. The minimum atomic E-state index is 0.0138. The minimum Gasteiger partial charge on any atom is -0.396 e. The summed E-state index contributed by atoms with van der Waals surface area (Å²) >= 11 is 1.89. The second kappa shape index (κ2) is 5.44. The number of nitrogens with two attached hydrogens (primary N) is 1. The Hall–Kier alpha value is -1.17. The van der Waals surface area contributed by atoms with E-state index in [1.54, 1.807) is 17.1 Å². The van der Waals surface area contributed by atoms with Crippen molar-refractivity contribution in [2.24, 2.45) is 0 Å². The van der Waals surface area contributed by atoms with Crippen molar-refractivity contribution in [3.8, 4) is 0 Å². The Morgan fingerprint density at radius 3 is 3.12 bits per heavy atom. The lowest BCUT2D eigenvalue weighted by Gasteiger charge is -2.12. The maximum Gasteiger partial charge on any atom is 0.241 e. The Bertz CT molecular complexity index is 393. The van der Waals surface area contributed by atoms with Crippen LogP contribution in [0, 0.1) is 0 Å². The molecule has 1 amide bonds. The molecule has 2 unspecified atom stereocenters. The van der Waals surface area contributed by atoms with Gasteiger partial charge in [0.1, 0.15) is 6.54 Å². The molecule has 2 atom stereocenters. The highest BCUT2D eigenvalue weighted by Gasteiger charge is 2.25. The summed E-state index contributed by atoms with van der Waals surface area (Å²) in [6.07, 6.45) is 8.69. The number of amides is 1. The van der Waals surface area contributed by atoms with Crippen LogP contribution in [0.5, 0.6) is 0 Å². The van der Waals surface area contributed by atoms with Crippen molar-refractivity contribution in [2.45, 2.75) is 37.1 Å². The SMILES string of the molecule is CSC1CCC(NC(=O)Cn2cc(N)cn2)C1. The number of anilines is 1. The van der Waals surface area contributed by atoms with E-state index in [0.717, 1.165) is 12.8 Å². The predicted molar refractivity (Wildman–Crippen MR) is 69.7 cm³/mol. The number of nitrogens with zero attached hydrogens (tertiary/aromatic N) is 2. The molecule has 3 N–H and O–H groups in total. The molecule has 0 saturated heterocycles. The smallest absolute Gasteiger partial charge is 0.241 e. The fourth-order valence-electron chi connectivity index (χ4n) is 2.17. The fraction of sp³-hybridized carbons (Fsp3) is 0.636. The standard InChI is InChI=1S/C11H18N4OS/c1-17-10-3-2-9(4-10)14-11(16)7-15-6-8(12)5-13-15/h5-6,9-10H,2-4,7,12H2,1H3,(H,14,16). The summed E-state index contributed by atoms with van der Waals surface area (Å²) in [5, 5.41) is 7.73. The topological polar surface area (TPSA) is 72.9 Å². The number of hydrogen-bond acceptors (Lipinski definition) is 4. The van der Waals surface area contributed by atoms with Crippen LogP contribution in [0.25, 0.3) is 0 Å². The van der Waals surface area contributed by atoms with Gasteiger partial charge in [0.05, 0.1) is 11.9 Å². The summed E-state index contributed by atoms with van der Waals surface area (Å²) in [5.74, 6) is 0.0138. The molecule has 1 heterocycles. The van der Waals surface area contributed by atoms with E-state index in [0.29, 0.717) is 17.0 Å². The van der Waals surface area contributed by atoms with E-state index in [-0.39, 0.29) is 12.5 Å². The van der Waals surface area contributed by atoms with Gasteiger partial charge in [-0.25, -0.2) is 0 Å². The molecule has 1 aromatic heterocycles. The van der Waals surface area contributed by atoms with E-state index in [1.807, 2.05) is 11.8 Å². The van der Waals surface area contributed by atoms with Gasteiger partial charge >= 0.3 is 0 Å². The Morgan fingerprint density at radius 1 is 1.71 bits per heavy atom. The van der Waals surface area contributed by atoms with Gasteiger partial charge in [-0.05, 0) is 25.5 Å². The number of hydrogen-bond donors (Lipinski definition) is 2. The van der Waals surface area contributed by atoms with Gasteiger partial charge in [-0.1, -0.05) is 0 Å². The summed E-state index contributed by atoms with van der Waals surface area (Å²) in [5.41, 5.74) is 6.12. The van der Waals surface area contributed by atoms with Crippen molar-refractivity contribution in [1.29, 1.82) is 0 Å². The first-order valence-electron chi connectivity index (χ1n) is 5.77. The molecule has 0 aliphatic heterocycles. The van der Waals surface area contributed by atoms with Crippen molar-refractivity contribution >= 4 is 23.4 Å². The zero-order valence-electron chi connectivity index (χ0n) is 9.93. The summed E-state index contributed by atoms with van der Waals surface area (Å²) in [4.78, 5) is 11.8. The van der Waals surface area contributed by atoms with Crippen LogP contribution in [0.2, 0.25) is 0 Å². The van der Waals surface area contributed by atoms with Gasteiger partial charge in [0.15, 0.2) is 0 Å². The van der Waals surface area contributed by atoms with Crippen LogP contribution in [0.15, 0.2) is 12.4 Å². The fourth-order valence-corrected chi connectivity index (χ4v) is 2.97. The molecule has 1 saturated carbocycles. The summed E-state index contributed by atoms with van der Waals surface area (Å²) in [7, 11) is 0. The lowest BCUT2D eigenvalue weighted by Crippen LogP contribution is -2.35. The van der Waals surface area contributed by atoms with Crippen molar-refractivity contribution < 1.29 is 4.79 Å². The van der Waals surface area contributed by atoms with E-state index < -0.39 is 0 Å². The molecule has 0 aromatic carbocycles. The Labute approximate surface area is 105 Å². The predicted octanol–water partition coefficient (Wildman–Crippen LogP) is 0.866. The molecule has 0 spiro atoms. The molecule has 1 aliphatic carbocycles. The third kappa shape index (κ3) is 3.39. The second-order valence-electron chi connectivity index (χ2n) is 4.41. The molecular formula is C11H18N4OS. The molecule has 5 nitrogen and oxygen atoms in total. The number of aromatic nitrogens is 2. The molecule has 2 rings (SSSR count). The molecular weight excluding hydrogens is 236 g/mol. The molecule has 1 aromatic rings. The van der Waals surface area contributed by atoms with Gasteiger partial charge in [-0.2, -0.15) is 16.9 Å². The lowest BCUT2D eigenvalue weighted by molar-refractivity contribution is -0.122. The van der Waals surface area contributed by atoms with E-state index >= 15 is 0 Å². The molecule has 0 bridgehead atoms. The first-order chi connectivity index (χ1) is 8.17. The van der Waals surface area contributed by atoms with Gasteiger partial charge in [0.2, 0.25) is 5.91 Å². The van der Waals surface area contributed by atoms with Gasteiger partial charge < -0.3 is 11.1 Å². The monoisotopic (exact) mass is 254 g/mol. The van der Waals surface area contributed by atoms with E-state index in [2.05, 4.69) is 16.7 Å². The average Bonchev–Trinajstić information content (AvgIpc) is 2.88. The van der Waals surface area contributed by atoms with Gasteiger partial charge in [0, 0.05) is 17.5 Å². The molecule has 94 valence electrons. The van der Waals surface area contributed by atoms with Crippen LogP contribution >= 0.6 is 11.8 Å². The third-order valence-corrected chi connectivity index (χ3v) is 4.14. The highest BCUT2D eigenvalue weighted by atomic mass is 32.2. The Morgan fingerprint density at radius 2 is 2.53 bits per heavy atom. The van der Waals surface area contributed by atoms with Crippen LogP contribution in [-0.2, 0) is 11.3 Å². The number of carbonyl (C=O) groups is 1. The number of rotatable bonds is 4. The van der Waals surface area contributed by atoms with Crippen LogP contribution in [0.3, 0.4) is 0 Å². The van der Waals surface area contributed by atoms with E-state index in [4.69, 9.17) is 5.73 Å². The number of nitrogens with one attached hydrogen (secondary N) is 1. The van der Waals surface area contributed by atoms with Crippen LogP contribution < -0.4 is 11.1 Å². The normalized spacial score (nSPS) is 23.8. The zero-order chi connectivity index (χ0) is 12.3. The maximum atomic E-state index is 11.8. The molecule has 1 aliphatic rings. The summed E-state index contributed by atoms with van der Waals surface area (Å²) in [6.45, 7) is 0.248. The molecule has 6 heteroatoms. The molecule has 1 fully saturated rings. The lowest BCUT2D eigenvalue weighted by atomic mass is 10.2. The Kier molecular flexibility index (Phi) is 3.93. The largest absolute Gasteiger partial charge is 0.396 e. The zero-order valence-corrected chi connectivity index (χ0v) is 10.7. The van der Waals surface area contributed by atoms with Gasteiger partial charge in [0.25, 0.3) is 0 Å². The van der Waals surface area contributed by atoms with Gasteiger partial charge in [-0.15, -0.1) is 0 Å². The van der Waals surface area contributed by atoms with E-state index in [1.165, 1.54) is 6.42 Å². The van der Waals surface area contributed by atoms with Gasteiger partial charge in [-0.3, -0.25) is 9.48 Å². The van der Waals surface area contributed by atoms with Crippen LogP contribution in [0.1, 0.15) is 19.3 Å². The Balaban J connectivity index is 1.78. The first-order valence-corrected chi connectivity index (χ1v) is 7.06. The number of carbonyl (C=O) groups excluding carboxylic acids is 1. The summed E-state index contributed by atoms with van der Waals surface area (Å²) < 4.78 is 1.56. The second-order valence-corrected chi connectivity index (χ2v) is 5.54. The first kappa shape index (κ1) is 12.3.